The molecule has 1 aliphatic carbocycles. The fraction of sp³-hybridized carbons (Fsp3) is 0.167. The first kappa shape index (κ1) is 10.1. The van der Waals surface area contributed by atoms with E-state index in [0.29, 0.717) is 12.0 Å². The summed E-state index contributed by atoms with van der Waals surface area (Å²) in [5.74, 6) is -0.227. The van der Waals surface area contributed by atoms with Gasteiger partial charge in [0.05, 0.1) is 5.66 Å². The third-order valence-corrected chi connectivity index (χ3v) is 2.43. The highest BCUT2D eigenvalue weighted by molar-refractivity contribution is 5.75. The minimum atomic E-state index is -0.797. The number of allylic oxidation sites excluding steroid dienone is 2. The lowest BCUT2D eigenvalue weighted by Gasteiger charge is -2.22. The summed E-state index contributed by atoms with van der Waals surface area (Å²) in [6, 6.07) is 6.66. The van der Waals surface area contributed by atoms with Crippen molar-refractivity contribution < 1.29 is 4.39 Å². The number of hydrogen-bond acceptors (Lipinski definition) is 2. The molecule has 0 unspecified atom stereocenters. The second kappa shape index (κ2) is 3.61. The number of nitrogens with two attached hydrogens (primary N) is 2. The molecular weight excluding hydrogens is 191 g/mol. The van der Waals surface area contributed by atoms with Crippen LogP contribution in [0.2, 0.25) is 0 Å². The number of hydrogen-bond donors (Lipinski definition) is 2. The molecule has 0 aromatic heterocycles. The van der Waals surface area contributed by atoms with Crippen molar-refractivity contribution in [3.8, 4) is 0 Å². The smallest absolute Gasteiger partial charge is 0.131 e. The molecule has 0 fully saturated rings. The molecule has 2 rings (SSSR count). The van der Waals surface area contributed by atoms with Crippen molar-refractivity contribution in [1.29, 1.82) is 0 Å². The van der Waals surface area contributed by atoms with E-state index in [0.717, 1.165) is 5.57 Å². The first-order valence-corrected chi connectivity index (χ1v) is 4.80. The zero-order valence-corrected chi connectivity index (χ0v) is 8.28. The lowest BCUT2D eigenvalue weighted by molar-refractivity contribution is 0.558. The standard InChI is InChI=1S/C12H13FN2/c13-11-4-2-1-3-10(11)9-5-7-12(14,15)8-6-9/h1-7H,8,14-15H2. The van der Waals surface area contributed by atoms with Crippen LogP contribution in [-0.4, -0.2) is 5.66 Å². The molecule has 0 heterocycles. The van der Waals surface area contributed by atoms with Gasteiger partial charge in [0.15, 0.2) is 0 Å². The van der Waals surface area contributed by atoms with E-state index in [1.807, 2.05) is 6.08 Å². The van der Waals surface area contributed by atoms with E-state index in [9.17, 15) is 4.39 Å². The van der Waals surface area contributed by atoms with Crippen LogP contribution in [0.4, 0.5) is 4.39 Å². The van der Waals surface area contributed by atoms with Crippen molar-refractivity contribution in [3.63, 3.8) is 0 Å². The molecule has 0 spiro atoms. The Labute approximate surface area is 88.1 Å². The molecule has 1 aliphatic rings. The summed E-state index contributed by atoms with van der Waals surface area (Å²) in [6.45, 7) is 0. The van der Waals surface area contributed by atoms with Gasteiger partial charge in [0, 0.05) is 12.0 Å². The van der Waals surface area contributed by atoms with Crippen LogP contribution in [0.15, 0.2) is 42.5 Å². The van der Waals surface area contributed by atoms with Crippen molar-refractivity contribution in [2.75, 3.05) is 0 Å². The van der Waals surface area contributed by atoms with Gasteiger partial charge in [-0.15, -0.1) is 0 Å². The van der Waals surface area contributed by atoms with Crippen LogP contribution in [0.25, 0.3) is 5.57 Å². The molecule has 0 bridgehead atoms. The Morgan fingerprint density at radius 2 is 1.93 bits per heavy atom. The normalized spacial score (nSPS) is 18.7. The minimum Gasteiger partial charge on any atom is -0.310 e. The maximum Gasteiger partial charge on any atom is 0.131 e. The van der Waals surface area contributed by atoms with Gasteiger partial charge in [-0.25, -0.2) is 4.39 Å². The molecule has 0 radical (unpaired) electrons. The summed E-state index contributed by atoms with van der Waals surface area (Å²) < 4.78 is 13.4. The van der Waals surface area contributed by atoms with Crippen molar-refractivity contribution in [1.82, 2.24) is 0 Å². The topological polar surface area (TPSA) is 52.0 Å². The largest absolute Gasteiger partial charge is 0.310 e. The third-order valence-electron chi connectivity index (χ3n) is 2.43. The molecule has 78 valence electrons. The van der Waals surface area contributed by atoms with Crippen LogP contribution < -0.4 is 11.5 Å². The number of rotatable bonds is 1. The molecule has 1 aromatic carbocycles. The van der Waals surface area contributed by atoms with Crippen LogP contribution in [-0.2, 0) is 0 Å². The summed E-state index contributed by atoms with van der Waals surface area (Å²) in [5, 5.41) is 0. The molecule has 3 heteroatoms. The van der Waals surface area contributed by atoms with Gasteiger partial charge < -0.3 is 11.5 Å². The monoisotopic (exact) mass is 204 g/mol. The highest BCUT2D eigenvalue weighted by Gasteiger charge is 2.18. The maximum absolute atomic E-state index is 13.4. The highest BCUT2D eigenvalue weighted by atomic mass is 19.1. The Bertz CT molecular complexity index is 433. The van der Waals surface area contributed by atoms with Gasteiger partial charge >= 0.3 is 0 Å². The summed E-state index contributed by atoms with van der Waals surface area (Å²) in [5.41, 5.74) is 12.0. The van der Waals surface area contributed by atoms with E-state index in [1.165, 1.54) is 6.07 Å². The average molecular weight is 204 g/mol. The SMILES string of the molecule is NC1(N)C=CC(c2ccccc2F)=CC1. The van der Waals surface area contributed by atoms with Gasteiger partial charge in [0.1, 0.15) is 5.82 Å². The summed E-state index contributed by atoms with van der Waals surface area (Å²) in [6.07, 6.45) is 5.85. The molecule has 0 amide bonds. The Kier molecular flexibility index (Phi) is 2.42. The Morgan fingerprint density at radius 3 is 2.53 bits per heavy atom. The fourth-order valence-corrected chi connectivity index (χ4v) is 1.56. The van der Waals surface area contributed by atoms with Gasteiger partial charge in [-0.05, 0) is 17.7 Å². The summed E-state index contributed by atoms with van der Waals surface area (Å²) in [7, 11) is 0. The molecule has 0 atom stereocenters. The lowest BCUT2D eigenvalue weighted by atomic mass is 9.94. The van der Waals surface area contributed by atoms with E-state index < -0.39 is 5.66 Å². The molecular formula is C12H13FN2. The van der Waals surface area contributed by atoms with E-state index in [4.69, 9.17) is 11.5 Å². The van der Waals surface area contributed by atoms with Crippen LogP contribution in [0.5, 0.6) is 0 Å². The van der Waals surface area contributed by atoms with Gasteiger partial charge in [-0.3, -0.25) is 0 Å². The summed E-state index contributed by atoms with van der Waals surface area (Å²) in [4.78, 5) is 0. The predicted molar refractivity (Wildman–Crippen MR) is 59.2 cm³/mol. The number of benzene rings is 1. The van der Waals surface area contributed by atoms with Gasteiger partial charge in [0.2, 0.25) is 0 Å². The molecule has 1 aromatic rings. The molecule has 0 saturated heterocycles. The Balaban J connectivity index is 2.32. The fourth-order valence-electron chi connectivity index (χ4n) is 1.56. The van der Waals surface area contributed by atoms with Crippen LogP contribution in [0.1, 0.15) is 12.0 Å². The maximum atomic E-state index is 13.4. The first-order valence-electron chi connectivity index (χ1n) is 4.80. The predicted octanol–water partition coefficient (Wildman–Crippen LogP) is 1.78. The second-order valence-electron chi connectivity index (χ2n) is 3.79. The zero-order valence-electron chi connectivity index (χ0n) is 8.28. The van der Waals surface area contributed by atoms with E-state index in [2.05, 4.69) is 0 Å². The second-order valence-corrected chi connectivity index (χ2v) is 3.79. The van der Waals surface area contributed by atoms with Gasteiger partial charge in [-0.2, -0.15) is 0 Å². The van der Waals surface area contributed by atoms with Crippen LogP contribution >= 0.6 is 0 Å². The van der Waals surface area contributed by atoms with Crippen molar-refractivity contribution >= 4 is 5.57 Å². The van der Waals surface area contributed by atoms with Gasteiger partial charge in [0.25, 0.3) is 0 Å². The molecule has 4 N–H and O–H groups in total. The number of halogens is 1. The van der Waals surface area contributed by atoms with Crippen LogP contribution in [0, 0.1) is 5.82 Å². The van der Waals surface area contributed by atoms with Crippen molar-refractivity contribution in [2.24, 2.45) is 11.5 Å². The summed E-state index contributed by atoms with van der Waals surface area (Å²) >= 11 is 0. The van der Waals surface area contributed by atoms with Gasteiger partial charge in [-0.1, -0.05) is 30.4 Å². The Hall–Kier alpha value is -1.45. The first-order chi connectivity index (χ1) is 7.08. The van der Waals surface area contributed by atoms with Crippen molar-refractivity contribution in [3.05, 3.63) is 53.9 Å². The molecule has 2 nitrogen and oxygen atoms in total. The van der Waals surface area contributed by atoms with E-state index >= 15 is 0 Å². The molecule has 15 heavy (non-hydrogen) atoms. The molecule has 0 saturated carbocycles. The average Bonchev–Trinajstić information content (AvgIpc) is 2.19. The highest BCUT2D eigenvalue weighted by Crippen LogP contribution is 2.24. The quantitative estimate of drug-likeness (QED) is 0.685. The van der Waals surface area contributed by atoms with Crippen molar-refractivity contribution in [2.45, 2.75) is 12.1 Å². The van der Waals surface area contributed by atoms with E-state index in [1.54, 1.807) is 30.4 Å². The van der Waals surface area contributed by atoms with Crippen LogP contribution in [0.3, 0.4) is 0 Å². The third kappa shape index (κ3) is 2.14. The zero-order chi connectivity index (χ0) is 10.9. The lowest BCUT2D eigenvalue weighted by Crippen LogP contribution is -2.47. The van der Waals surface area contributed by atoms with E-state index in [-0.39, 0.29) is 5.82 Å². The molecule has 0 aliphatic heterocycles. The Morgan fingerprint density at radius 1 is 1.20 bits per heavy atom. The minimum absolute atomic E-state index is 0.227.